The first-order valence-corrected chi connectivity index (χ1v) is 8.53. The number of hydrogen-bond donors (Lipinski definition) is 2. The normalized spacial score (nSPS) is 24.7. The summed E-state index contributed by atoms with van der Waals surface area (Å²) >= 11 is 0. The van der Waals surface area contributed by atoms with Gasteiger partial charge in [-0.25, -0.2) is 4.79 Å². The Bertz CT molecular complexity index is 529. The molecule has 2 atom stereocenters. The summed E-state index contributed by atoms with van der Waals surface area (Å²) in [6, 6.07) is 3.06. The van der Waals surface area contributed by atoms with Crippen LogP contribution in [0.3, 0.4) is 0 Å². The molecular formula is C17H25N3O3. The van der Waals surface area contributed by atoms with Gasteiger partial charge in [0.1, 0.15) is 5.76 Å². The zero-order chi connectivity index (χ0) is 16.1. The summed E-state index contributed by atoms with van der Waals surface area (Å²) < 4.78 is 5.13. The zero-order valence-corrected chi connectivity index (χ0v) is 13.4. The number of hydrogen-bond acceptors (Lipinski definition) is 4. The highest BCUT2D eigenvalue weighted by Gasteiger charge is 2.31. The van der Waals surface area contributed by atoms with Crippen molar-refractivity contribution in [1.29, 1.82) is 0 Å². The minimum atomic E-state index is -0.473. The summed E-state index contributed by atoms with van der Waals surface area (Å²) in [6.07, 6.45) is 8.04. The van der Waals surface area contributed by atoms with Crippen LogP contribution in [0.4, 0.5) is 4.79 Å². The molecule has 6 nitrogen and oxygen atoms in total. The average molecular weight is 319 g/mol. The number of imide groups is 1. The van der Waals surface area contributed by atoms with Gasteiger partial charge in [-0.05, 0) is 43.4 Å². The van der Waals surface area contributed by atoms with Gasteiger partial charge in [0.2, 0.25) is 5.91 Å². The molecule has 2 fully saturated rings. The third-order valence-electron chi connectivity index (χ3n) is 5.00. The van der Waals surface area contributed by atoms with Gasteiger partial charge in [-0.2, -0.15) is 0 Å². The van der Waals surface area contributed by atoms with Crippen LogP contribution >= 0.6 is 0 Å². The number of piperidine rings is 1. The van der Waals surface area contributed by atoms with Gasteiger partial charge in [-0.3, -0.25) is 15.0 Å². The number of carbonyl (C=O) groups excluding carboxylic acids is 2. The molecule has 0 spiro atoms. The van der Waals surface area contributed by atoms with E-state index in [4.69, 9.17) is 4.42 Å². The Labute approximate surface area is 136 Å². The molecule has 23 heavy (non-hydrogen) atoms. The Morgan fingerprint density at radius 1 is 1.22 bits per heavy atom. The van der Waals surface area contributed by atoms with Gasteiger partial charge >= 0.3 is 6.03 Å². The number of fused-ring (bicyclic) bond motifs is 1. The van der Waals surface area contributed by atoms with Crippen molar-refractivity contribution in [2.75, 3.05) is 19.6 Å². The Kier molecular flexibility index (Phi) is 5.33. The highest BCUT2D eigenvalue weighted by atomic mass is 16.3. The van der Waals surface area contributed by atoms with Crippen molar-refractivity contribution >= 4 is 11.9 Å². The minimum Gasteiger partial charge on any atom is -0.467 e. The second-order valence-electron chi connectivity index (χ2n) is 6.64. The minimum absolute atomic E-state index is 0.240. The van der Waals surface area contributed by atoms with Crippen molar-refractivity contribution in [3.8, 4) is 0 Å². The summed E-state index contributed by atoms with van der Waals surface area (Å²) in [5.41, 5.74) is 0. The summed E-state index contributed by atoms with van der Waals surface area (Å²) in [5.74, 6) is 2.00. The van der Waals surface area contributed by atoms with E-state index in [0.29, 0.717) is 12.3 Å². The fourth-order valence-electron chi connectivity index (χ4n) is 3.81. The molecule has 0 aromatic carbocycles. The van der Waals surface area contributed by atoms with Crippen LogP contribution in [0.2, 0.25) is 0 Å². The third-order valence-corrected chi connectivity index (χ3v) is 5.00. The Balaban J connectivity index is 1.38. The monoisotopic (exact) mass is 319 g/mol. The first-order chi connectivity index (χ1) is 11.2. The van der Waals surface area contributed by atoms with Crippen molar-refractivity contribution in [3.63, 3.8) is 0 Å². The van der Waals surface area contributed by atoms with E-state index in [-0.39, 0.29) is 12.5 Å². The van der Waals surface area contributed by atoms with Crippen LogP contribution in [0.25, 0.3) is 0 Å². The lowest BCUT2D eigenvalue weighted by molar-refractivity contribution is -0.121. The van der Waals surface area contributed by atoms with Gasteiger partial charge in [0.05, 0.1) is 19.4 Å². The van der Waals surface area contributed by atoms with Crippen molar-refractivity contribution in [2.24, 2.45) is 11.8 Å². The molecule has 2 aliphatic rings. The molecule has 126 valence electrons. The number of urea groups is 1. The maximum atomic E-state index is 12.0. The van der Waals surface area contributed by atoms with Crippen molar-refractivity contribution in [1.82, 2.24) is 15.5 Å². The van der Waals surface area contributed by atoms with Gasteiger partial charge < -0.3 is 9.73 Å². The average Bonchev–Trinajstić information content (AvgIpc) is 3.06. The molecule has 1 aromatic rings. The number of rotatable bonds is 4. The number of amides is 3. The van der Waals surface area contributed by atoms with Gasteiger partial charge in [0.15, 0.2) is 0 Å². The Morgan fingerprint density at radius 3 is 2.83 bits per heavy atom. The quantitative estimate of drug-likeness (QED) is 0.891. The van der Waals surface area contributed by atoms with E-state index in [0.717, 1.165) is 24.9 Å². The summed E-state index contributed by atoms with van der Waals surface area (Å²) in [7, 11) is 0. The number of furan rings is 1. The lowest BCUT2D eigenvalue weighted by atomic mass is 9.75. The Hall–Kier alpha value is -1.82. The topological polar surface area (TPSA) is 74.6 Å². The number of nitrogens with zero attached hydrogens (tertiary/aromatic N) is 1. The molecule has 2 N–H and O–H groups in total. The fourth-order valence-corrected chi connectivity index (χ4v) is 3.81. The summed E-state index contributed by atoms with van der Waals surface area (Å²) in [6.45, 7) is 2.53. The molecule has 1 aromatic heterocycles. The summed E-state index contributed by atoms with van der Waals surface area (Å²) in [4.78, 5) is 25.9. The molecule has 1 saturated carbocycles. The van der Waals surface area contributed by atoms with Crippen LogP contribution in [0.5, 0.6) is 0 Å². The van der Waals surface area contributed by atoms with E-state index in [9.17, 15) is 9.59 Å². The molecule has 0 bridgehead atoms. The number of nitrogens with one attached hydrogen (secondary N) is 2. The standard InChI is InChI=1S/C17H25N3O3/c21-16(19-17(22)18-10-15-6-3-9-23-15)12-20-8-7-13-4-1-2-5-14(13)11-20/h3,6,9,13-14H,1-2,4-5,7-8,10-12H2,(H2,18,19,21,22)/t13-,14+/m0/s1. The molecule has 3 rings (SSSR count). The second kappa shape index (κ2) is 7.64. The van der Waals surface area contributed by atoms with Gasteiger partial charge in [-0.1, -0.05) is 19.3 Å². The third kappa shape index (κ3) is 4.58. The lowest BCUT2D eigenvalue weighted by Gasteiger charge is -2.41. The molecule has 3 amide bonds. The molecule has 0 radical (unpaired) electrons. The van der Waals surface area contributed by atoms with Gasteiger partial charge in [-0.15, -0.1) is 0 Å². The van der Waals surface area contributed by atoms with Crippen LogP contribution in [0.15, 0.2) is 22.8 Å². The molecule has 0 unspecified atom stereocenters. The molecular weight excluding hydrogens is 294 g/mol. The molecule has 1 aliphatic carbocycles. The first-order valence-electron chi connectivity index (χ1n) is 8.53. The van der Waals surface area contributed by atoms with Crippen molar-refractivity contribution in [3.05, 3.63) is 24.2 Å². The van der Waals surface area contributed by atoms with E-state index >= 15 is 0 Å². The van der Waals surface area contributed by atoms with E-state index in [1.165, 1.54) is 32.1 Å². The largest absolute Gasteiger partial charge is 0.467 e. The number of likely N-dealkylation sites (tertiary alicyclic amines) is 1. The first kappa shape index (κ1) is 16.1. The highest BCUT2D eigenvalue weighted by Crippen LogP contribution is 2.35. The van der Waals surface area contributed by atoms with Crippen LogP contribution < -0.4 is 10.6 Å². The van der Waals surface area contributed by atoms with Crippen LogP contribution in [0, 0.1) is 11.8 Å². The Morgan fingerprint density at radius 2 is 2.04 bits per heavy atom. The van der Waals surface area contributed by atoms with Gasteiger partial charge in [0, 0.05) is 6.54 Å². The maximum absolute atomic E-state index is 12.0. The molecule has 2 heterocycles. The number of carbonyl (C=O) groups is 2. The fraction of sp³-hybridized carbons (Fsp3) is 0.647. The lowest BCUT2D eigenvalue weighted by Crippen LogP contribution is -2.48. The molecule has 1 saturated heterocycles. The van der Waals surface area contributed by atoms with Crippen molar-refractivity contribution < 1.29 is 14.0 Å². The molecule has 1 aliphatic heterocycles. The predicted molar refractivity (Wildman–Crippen MR) is 85.6 cm³/mol. The highest BCUT2D eigenvalue weighted by molar-refractivity contribution is 5.95. The SMILES string of the molecule is O=C(CN1CC[C@@H]2CCCC[C@@H]2C1)NC(=O)NCc1ccco1. The van der Waals surface area contributed by atoms with Crippen LogP contribution in [-0.2, 0) is 11.3 Å². The van der Waals surface area contributed by atoms with E-state index < -0.39 is 6.03 Å². The smallest absolute Gasteiger partial charge is 0.321 e. The van der Waals surface area contributed by atoms with Crippen LogP contribution in [0.1, 0.15) is 37.9 Å². The summed E-state index contributed by atoms with van der Waals surface area (Å²) in [5, 5.41) is 5.00. The van der Waals surface area contributed by atoms with Gasteiger partial charge in [0.25, 0.3) is 0 Å². The van der Waals surface area contributed by atoms with Crippen molar-refractivity contribution in [2.45, 2.75) is 38.6 Å². The zero-order valence-electron chi connectivity index (χ0n) is 13.4. The van der Waals surface area contributed by atoms with E-state index in [2.05, 4.69) is 15.5 Å². The van der Waals surface area contributed by atoms with Crippen LogP contribution in [-0.4, -0.2) is 36.5 Å². The second-order valence-corrected chi connectivity index (χ2v) is 6.64. The van der Waals surface area contributed by atoms with E-state index in [1.807, 2.05) is 0 Å². The van der Waals surface area contributed by atoms with E-state index in [1.54, 1.807) is 18.4 Å². The predicted octanol–water partition coefficient (Wildman–Crippen LogP) is 2.12. The maximum Gasteiger partial charge on any atom is 0.321 e. The molecule has 6 heteroatoms.